The maximum Gasteiger partial charge on any atom is 0.108 e. The van der Waals surface area contributed by atoms with E-state index in [0.29, 0.717) is 11.8 Å². The molecule has 0 amide bonds. The zero-order valence-electron chi connectivity index (χ0n) is 9.83. The van der Waals surface area contributed by atoms with Crippen LogP contribution in [0.1, 0.15) is 26.2 Å². The minimum absolute atomic E-state index is 0.147. The number of nitrogens with two attached hydrogens (primary N) is 1. The van der Waals surface area contributed by atoms with Gasteiger partial charge in [-0.2, -0.15) is 0 Å². The topological polar surface area (TPSA) is 62.3 Å². The fourth-order valence-electron chi connectivity index (χ4n) is 2.34. The summed E-state index contributed by atoms with van der Waals surface area (Å²) in [5, 5.41) is 7.53. The molecule has 1 atom stereocenters. The molecule has 0 aromatic rings. The van der Waals surface area contributed by atoms with Gasteiger partial charge < -0.3 is 10.5 Å². The monoisotopic (exact) mass is 213 g/mol. The van der Waals surface area contributed by atoms with Crippen molar-refractivity contribution in [2.24, 2.45) is 11.7 Å². The third-order valence-corrected chi connectivity index (χ3v) is 3.24. The molecule has 1 aliphatic rings. The third-order valence-electron chi connectivity index (χ3n) is 3.24. The summed E-state index contributed by atoms with van der Waals surface area (Å²) in [5.41, 5.74) is 5.59. The average Bonchev–Trinajstić information content (AvgIpc) is 2.21. The van der Waals surface area contributed by atoms with E-state index in [9.17, 15) is 0 Å². The van der Waals surface area contributed by atoms with Gasteiger partial charge in [0.2, 0.25) is 0 Å². The van der Waals surface area contributed by atoms with E-state index in [4.69, 9.17) is 15.9 Å². The lowest BCUT2D eigenvalue weighted by Gasteiger charge is -2.36. The van der Waals surface area contributed by atoms with E-state index >= 15 is 0 Å². The zero-order valence-corrected chi connectivity index (χ0v) is 9.83. The lowest BCUT2D eigenvalue weighted by molar-refractivity contribution is 0.0910. The molecule has 0 aromatic carbocycles. The number of rotatable bonds is 5. The quantitative estimate of drug-likeness (QED) is 0.530. The first-order chi connectivity index (χ1) is 7.19. The Morgan fingerprint density at radius 2 is 2.13 bits per heavy atom. The van der Waals surface area contributed by atoms with Gasteiger partial charge in [0.1, 0.15) is 5.84 Å². The molecule has 0 radical (unpaired) electrons. The third kappa shape index (κ3) is 3.47. The van der Waals surface area contributed by atoms with Crippen molar-refractivity contribution in [1.29, 1.82) is 5.41 Å². The number of piperidine rings is 1. The van der Waals surface area contributed by atoms with Gasteiger partial charge in [-0.1, -0.05) is 6.92 Å². The Balaban J connectivity index is 2.38. The molecule has 3 N–H and O–H groups in total. The van der Waals surface area contributed by atoms with Gasteiger partial charge in [0.15, 0.2) is 0 Å². The van der Waals surface area contributed by atoms with Crippen molar-refractivity contribution in [1.82, 2.24) is 4.90 Å². The van der Waals surface area contributed by atoms with E-state index in [-0.39, 0.29) is 6.04 Å². The highest BCUT2D eigenvalue weighted by Crippen LogP contribution is 2.20. The maximum absolute atomic E-state index is 7.53. The molecular formula is C11H23N3O. The number of hydrogen-bond acceptors (Lipinski definition) is 3. The fourth-order valence-corrected chi connectivity index (χ4v) is 2.34. The average molecular weight is 213 g/mol. The van der Waals surface area contributed by atoms with Crippen molar-refractivity contribution < 1.29 is 4.74 Å². The summed E-state index contributed by atoms with van der Waals surface area (Å²) in [6.07, 6.45) is 3.26. The molecule has 0 saturated carbocycles. The molecule has 0 bridgehead atoms. The van der Waals surface area contributed by atoms with E-state index in [2.05, 4.69) is 11.8 Å². The van der Waals surface area contributed by atoms with E-state index in [1.165, 1.54) is 0 Å². The van der Waals surface area contributed by atoms with Crippen LogP contribution >= 0.6 is 0 Å². The Morgan fingerprint density at radius 3 is 2.53 bits per heavy atom. The van der Waals surface area contributed by atoms with Crippen molar-refractivity contribution in [2.75, 3.05) is 26.8 Å². The predicted octanol–water partition coefficient (Wildman–Crippen LogP) is 1.06. The lowest BCUT2D eigenvalue weighted by atomic mass is 9.96. The van der Waals surface area contributed by atoms with Crippen LogP contribution in [0.3, 0.4) is 0 Å². The van der Waals surface area contributed by atoms with Gasteiger partial charge in [0, 0.05) is 13.7 Å². The van der Waals surface area contributed by atoms with Gasteiger partial charge in [-0.15, -0.1) is 0 Å². The van der Waals surface area contributed by atoms with Crippen LogP contribution in [0.4, 0.5) is 0 Å². The van der Waals surface area contributed by atoms with Crippen LogP contribution in [0.2, 0.25) is 0 Å². The molecule has 4 nitrogen and oxygen atoms in total. The number of amidine groups is 1. The van der Waals surface area contributed by atoms with E-state index in [1.54, 1.807) is 7.11 Å². The predicted molar refractivity (Wildman–Crippen MR) is 62.2 cm³/mol. The number of methoxy groups -OCH3 is 1. The first-order valence-electron chi connectivity index (χ1n) is 5.76. The van der Waals surface area contributed by atoms with Crippen LogP contribution in [-0.2, 0) is 4.74 Å². The fraction of sp³-hybridized carbons (Fsp3) is 0.909. The van der Waals surface area contributed by atoms with E-state index < -0.39 is 0 Å². The number of nitrogens with one attached hydrogen (secondary N) is 1. The van der Waals surface area contributed by atoms with Gasteiger partial charge in [-0.25, -0.2) is 0 Å². The number of nitrogens with zero attached hydrogens (tertiary/aromatic N) is 1. The number of likely N-dealkylation sites (tertiary alicyclic amines) is 1. The van der Waals surface area contributed by atoms with Crippen LogP contribution in [-0.4, -0.2) is 43.6 Å². The van der Waals surface area contributed by atoms with Crippen molar-refractivity contribution >= 4 is 5.84 Å². The van der Waals surface area contributed by atoms with E-state index in [0.717, 1.165) is 39.0 Å². The number of ether oxygens (including phenoxy) is 1. The molecular weight excluding hydrogens is 190 g/mol. The summed E-state index contributed by atoms with van der Waals surface area (Å²) in [5.74, 6) is 0.999. The van der Waals surface area contributed by atoms with Crippen LogP contribution in [0, 0.1) is 11.3 Å². The Labute approximate surface area is 92.3 Å². The first-order valence-corrected chi connectivity index (χ1v) is 5.76. The van der Waals surface area contributed by atoms with E-state index in [1.807, 2.05) is 0 Å². The van der Waals surface area contributed by atoms with Crippen LogP contribution in [0.25, 0.3) is 0 Å². The molecule has 1 rings (SSSR count). The molecule has 4 heteroatoms. The molecule has 15 heavy (non-hydrogen) atoms. The Kier molecular flexibility index (Phi) is 5.05. The molecule has 88 valence electrons. The standard InChI is InChI=1S/C11H23N3O/c1-3-10(11(12)13)14-6-4-9(5-7-14)8-15-2/h9-10H,3-8H2,1-2H3,(H3,12,13). The SMILES string of the molecule is CCC(C(=N)N)N1CCC(COC)CC1. The highest BCUT2D eigenvalue weighted by atomic mass is 16.5. The highest BCUT2D eigenvalue weighted by molar-refractivity contribution is 5.82. The summed E-state index contributed by atoms with van der Waals surface area (Å²) in [7, 11) is 1.76. The van der Waals surface area contributed by atoms with Gasteiger partial charge in [-0.3, -0.25) is 10.3 Å². The minimum atomic E-state index is 0.147. The summed E-state index contributed by atoms with van der Waals surface area (Å²) in [6.45, 7) is 5.05. The lowest BCUT2D eigenvalue weighted by Crippen LogP contribution is -2.48. The largest absolute Gasteiger partial charge is 0.386 e. The Bertz CT molecular complexity index is 200. The summed E-state index contributed by atoms with van der Waals surface area (Å²) in [4.78, 5) is 2.33. The molecule has 0 spiro atoms. The smallest absolute Gasteiger partial charge is 0.108 e. The normalized spacial score (nSPS) is 21.5. The molecule has 1 fully saturated rings. The number of hydrogen-bond donors (Lipinski definition) is 2. The zero-order chi connectivity index (χ0) is 11.3. The minimum Gasteiger partial charge on any atom is -0.386 e. The molecule has 1 aliphatic heterocycles. The molecule has 1 unspecified atom stereocenters. The van der Waals surface area contributed by atoms with Crippen LogP contribution in [0.15, 0.2) is 0 Å². The Hall–Kier alpha value is -0.610. The maximum atomic E-state index is 7.53. The molecule has 1 heterocycles. The second-order valence-electron chi connectivity index (χ2n) is 4.31. The van der Waals surface area contributed by atoms with Gasteiger partial charge >= 0.3 is 0 Å². The Morgan fingerprint density at radius 1 is 1.53 bits per heavy atom. The van der Waals surface area contributed by atoms with Crippen molar-refractivity contribution in [3.63, 3.8) is 0 Å². The summed E-state index contributed by atoms with van der Waals surface area (Å²) in [6, 6.07) is 0.147. The second kappa shape index (κ2) is 6.08. The van der Waals surface area contributed by atoms with Crippen molar-refractivity contribution in [2.45, 2.75) is 32.2 Å². The van der Waals surface area contributed by atoms with Gasteiger partial charge in [0.05, 0.1) is 6.04 Å². The van der Waals surface area contributed by atoms with Crippen LogP contribution in [0.5, 0.6) is 0 Å². The molecule has 0 aromatic heterocycles. The summed E-state index contributed by atoms with van der Waals surface area (Å²) >= 11 is 0. The highest BCUT2D eigenvalue weighted by Gasteiger charge is 2.25. The summed E-state index contributed by atoms with van der Waals surface area (Å²) < 4.78 is 5.17. The van der Waals surface area contributed by atoms with Gasteiger partial charge in [0.25, 0.3) is 0 Å². The van der Waals surface area contributed by atoms with Gasteiger partial charge in [-0.05, 0) is 38.3 Å². The molecule has 1 saturated heterocycles. The molecule has 0 aliphatic carbocycles. The van der Waals surface area contributed by atoms with Crippen LogP contribution < -0.4 is 5.73 Å². The second-order valence-corrected chi connectivity index (χ2v) is 4.31. The van der Waals surface area contributed by atoms with Crippen molar-refractivity contribution in [3.05, 3.63) is 0 Å². The first kappa shape index (κ1) is 12.5. The van der Waals surface area contributed by atoms with Crippen molar-refractivity contribution in [3.8, 4) is 0 Å².